The first-order valence-corrected chi connectivity index (χ1v) is 9.08. The fourth-order valence-electron chi connectivity index (χ4n) is 3.10. The molecule has 3 heterocycles. The van der Waals surface area contributed by atoms with Crippen LogP contribution in [0.4, 0.5) is 0 Å². The fraction of sp³-hybridized carbons (Fsp3) is 0.100. The average Bonchev–Trinajstić information content (AvgIpc) is 3.34. The van der Waals surface area contributed by atoms with Crippen molar-refractivity contribution in [3.05, 3.63) is 71.1 Å². The summed E-state index contributed by atoms with van der Waals surface area (Å²) in [5.74, 6) is 1.44. The zero-order valence-corrected chi connectivity index (χ0v) is 15.7. The summed E-state index contributed by atoms with van der Waals surface area (Å²) >= 11 is 6.00. The first-order chi connectivity index (χ1) is 13.7. The van der Waals surface area contributed by atoms with Crippen molar-refractivity contribution in [3.63, 3.8) is 0 Å². The van der Waals surface area contributed by atoms with Crippen LogP contribution in [0.25, 0.3) is 28.1 Å². The minimum Gasteiger partial charge on any atom is -0.489 e. The van der Waals surface area contributed by atoms with Crippen molar-refractivity contribution in [2.45, 2.75) is 13.5 Å². The van der Waals surface area contributed by atoms with E-state index in [1.807, 2.05) is 49.4 Å². The summed E-state index contributed by atoms with van der Waals surface area (Å²) in [4.78, 5) is 8.95. The van der Waals surface area contributed by atoms with E-state index in [1.54, 1.807) is 17.0 Å². The molecule has 7 nitrogen and oxygen atoms in total. The molecule has 0 aliphatic heterocycles. The Balaban J connectivity index is 1.44. The lowest BCUT2D eigenvalue weighted by Crippen LogP contribution is -1.97. The molecular formula is C20H15ClN6O. The third-order valence-electron chi connectivity index (χ3n) is 4.50. The van der Waals surface area contributed by atoms with E-state index in [2.05, 4.69) is 25.3 Å². The van der Waals surface area contributed by atoms with Crippen molar-refractivity contribution in [1.82, 2.24) is 29.8 Å². The van der Waals surface area contributed by atoms with Gasteiger partial charge in [0, 0.05) is 10.6 Å². The summed E-state index contributed by atoms with van der Waals surface area (Å²) in [7, 11) is 0. The molecule has 8 heteroatoms. The van der Waals surface area contributed by atoms with E-state index in [9.17, 15) is 0 Å². The zero-order valence-electron chi connectivity index (χ0n) is 14.9. The van der Waals surface area contributed by atoms with Crippen LogP contribution in [0.5, 0.6) is 5.75 Å². The summed E-state index contributed by atoms with van der Waals surface area (Å²) in [6.07, 6.45) is 3.33. The number of hydrogen-bond donors (Lipinski definition) is 1. The SMILES string of the molecule is Cc1cc(Cl)ccc1OCc1cccc(-c2nc3c4cn[nH]c4ncn3n2)c1. The molecule has 0 fully saturated rings. The van der Waals surface area contributed by atoms with E-state index < -0.39 is 0 Å². The van der Waals surface area contributed by atoms with Crippen LogP contribution in [-0.4, -0.2) is 29.8 Å². The highest BCUT2D eigenvalue weighted by atomic mass is 35.5. The van der Waals surface area contributed by atoms with Crippen LogP contribution in [0.2, 0.25) is 5.02 Å². The molecule has 0 spiro atoms. The standard InChI is InChI=1S/C20H15ClN6O/c1-12-7-15(21)5-6-17(12)28-10-13-3-2-4-14(8-13)18-24-20-16-9-23-25-19(16)22-11-27(20)26-18/h2-9,11H,10H2,1H3,(H,23,25). The van der Waals surface area contributed by atoms with E-state index in [0.29, 0.717) is 28.7 Å². The molecule has 28 heavy (non-hydrogen) atoms. The van der Waals surface area contributed by atoms with Crippen molar-refractivity contribution < 1.29 is 4.74 Å². The van der Waals surface area contributed by atoms with E-state index >= 15 is 0 Å². The third kappa shape index (κ3) is 2.95. The number of nitrogens with one attached hydrogen (secondary N) is 1. The molecule has 0 bridgehead atoms. The predicted octanol–water partition coefficient (Wildman–Crippen LogP) is 4.21. The van der Waals surface area contributed by atoms with Crippen LogP contribution in [0, 0.1) is 6.92 Å². The second-order valence-corrected chi connectivity index (χ2v) is 6.92. The smallest absolute Gasteiger partial charge is 0.182 e. The molecule has 0 saturated heterocycles. The average molecular weight is 391 g/mol. The Hall–Kier alpha value is -3.45. The third-order valence-corrected chi connectivity index (χ3v) is 4.74. The normalized spacial score (nSPS) is 11.4. The van der Waals surface area contributed by atoms with Gasteiger partial charge in [-0.2, -0.15) is 5.10 Å². The predicted molar refractivity (Wildman–Crippen MR) is 106 cm³/mol. The van der Waals surface area contributed by atoms with Crippen LogP contribution in [0.1, 0.15) is 11.1 Å². The van der Waals surface area contributed by atoms with Gasteiger partial charge in [-0.3, -0.25) is 5.10 Å². The topological polar surface area (TPSA) is 81.0 Å². The van der Waals surface area contributed by atoms with Gasteiger partial charge in [-0.15, -0.1) is 5.10 Å². The summed E-state index contributed by atoms with van der Waals surface area (Å²) in [6, 6.07) is 13.6. The summed E-state index contributed by atoms with van der Waals surface area (Å²) in [6.45, 7) is 2.42. The Bertz CT molecular complexity index is 1310. The van der Waals surface area contributed by atoms with E-state index in [0.717, 1.165) is 27.8 Å². The van der Waals surface area contributed by atoms with Gasteiger partial charge in [0.05, 0.1) is 11.6 Å². The summed E-state index contributed by atoms with van der Waals surface area (Å²) in [5.41, 5.74) is 4.34. The van der Waals surface area contributed by atoms with Gasteiger partial charge in [-0.05, 0) is 42.3 Å². The molecule has 0 atom stereocenters. The van der Waals surface area contributed by atoms with E-state index in [1.165, 1.54) is 0 Å². The lowest BCUT2D eigenvalue weighted by Gasteiger charge is -2.10. The molecule has 0 saturated carbocycles. The number of H-pyrrole nitrogens is 1. The Morgan fingerprint density at radius 2 is 2.11 bits per heavy atom. The minimum absolute atomic E-state index is 0.442. The number of aromatic amines is 1. The molecule has 2 aromatic carbocycles. The molecule has 5 aromatic rings. The Morgan fingerprint density at radius 1 is 1.18 bits per heavy atom. The van der Waals surface area contributed by atoms with Crippen molar-refractivity contribution in [1.29, 1.82) is 0 Å². The first kappa shape index (κ1) is 16.7. The van der Waals surface area contributed by atoms with Crippen LogP contribution in [-0.2, 0) is 6.61 Å². The number of hydrogen-bond acceptors (Lipinski definition) is 5. The highest BCUT2D eigenvalue weighted by Crippen LogP contribution is 2.24. The van der Waals surface area contributed by atoms with Gasteiger partial charge < -0.3 is 4.74 Å². The highest BCUT2D eigenvalue weighted by Gasteiger charge is 2.11. The van der Waals surface area contributed by atoms with Gasteiger partial charge in [0.2, 0.25) is 0 Å². The molecule has 0 aliphatic carbocycles. The maximum absolute atomic E-state index is 6.00. The summed E-state index contributed by atoms with van der Waals surface area (Å²) in [5, 5.41) is 12.9. The van der Waals surface area contributed by atoms with Crippen molar-refractivity contribution in [2.24, 2.45) is 0 Å². The quantitative estimate of drug-likeness (QED) is 0.497. The molecular weight excluding hydrogens is 376 g/mol. The Morgan fingerprint density at radius 3 is 3.00 bits per heavy atom. The zero-order chi connectivity index (χ0) is 19.1. The fourth-order valence-corrected chi connectivity index (χ4v) is 3.33. The number of nitrogens with zero attached hydrogens (tertiary/aromatic N) is 5. The van der Waals surface area contributed by atoms with Crippen LogP contribution < -0.4 is 4.74 Å². The number of fused-ring (bicyclic) bond motifs is 3. The Kier molecular flexibility index (Phi) is 3.95. The Labute approximate surface area is 165 Å². The minimum atomic E-state index is 0.442. The second-order valence-electron chi connectivity index (χ2n) is 6.48. The van der Waals surface area contributed by atoms with Crippen LogP contribution in [0.15, 0.2) is 55.0 Å². The number of ether oxygens (including phenoxy) is 1. The van der Waals surface area contributed by atoms with Crippen LogP contribution in [0.3, 0.4) is 0 Å². The van der Waals surface area contributed by atoms with Crippen molar-refractivity contribution in [2.75, 3.05) is 0 Å². The van der Waals surface area contributed by atoms with Crippen molar-refractivity contribution in [3.8, 4) is 17.1 Å². The maximum Gasteiger partial charge on any atom is 0.182 e. The maximum atomic E-state index is 6.00. The molecule has 0 radical (unpaired) electrons. The molecule has 1 N–H and O–H groups in total. The molecule has 0 aliphatic rings. The molecule has 5 rings (SSSR count). The van der Waals surface area contributed by atoms with Crippen LogP contribution >= 0.6 is 11.6 Å². The molecule has 3 aromatic heterocycles. The summed E-state index contributed by atoms with van der Waals surface area (Å²) < 4.78 is 7.61. The number of rotatable bonds is 4. The van der Waals surface area contributed by atoms with Gasteiger partial charge in [0.25, 0.3) is 0 Å². The second kappa shape index (κ2) is 6.61. The monoisotopic (exact) mass is 390 g/mol. The van der Waals surface area contributed by atoms with Crippen molar-refractivity contribution >= 4 is 28.3 Å². The van der Waals surface area contributed by atoms with Gasteiger partial charge >= 0.3 is 0 Å². The number of benzene rings is 2. The number of aromatic nitrogens is 6. The number of aryl methyl sites for hydroxylation is 1. The lowest BCUT2D eigenvalue weighted by molar-refractivity contribution is 0.304. The van der Waals surface area contributed by atoms with E-state index in [4.69, 9.17) is 16.3 Å². The van der Waals surface area contributed by atoms with Gasteiger partial charge in [0.15, 0.2) is 17.1 Å². The molecule has 0 unspecified atom stereocenters. The van der Waals surface area contributed by atoms with Gasteiger partial charge in [0.1, 0.15) is 18.7 Å². The largest absolute Gasteiger partial charge is 0.489 e. The van der Waals surface area contributed by atoms with Gasteiger partial charge in [-0.25, -0.2) is 14.5 Å². The number of halogens is 1. The molecule has 138 valence electrons. The first-order valence-electron chi connectivity index (χ1n) is 8.70. The lowest BCUT2D eigenvalue weighted by atomic mass is 10.1. The van der Waals surface area contributed by atoms with E-state index in [-0.39, 0.29) is 0 Å². The molecule has 0 amide bonds. The van der Waals surface area contributed by atoms with Gasteiger partial charge in [-0.1, -0.05) is 29.8 Å². The highest BCUT2D eigenvalue weighted by molar-refractivity contribution is 6.30.